The Kier molecular flexibility index (Phi) is 3.87. The third-order valence-corrected chi connectivity index (χ3v) is 3.64. The summed E-state index contributed by atoms with van der Waals surface area (Å²) < 4.78 is 5.33. The lowest BCUT2D eigenvalue weighted by Crippen LogP contribution is -2.34. The monoisotopic (exact) mass is 280 g/mol. The fraction of sp³-hybridized carbons (Fsp3) is 0.462. The molecule has 0 amide bonds. The fourth-order valence-electron chi connectivity index (χ4n) is 2.45. The highest BCUT2D eigenvalue weighted by molar-refractivity contribution is 5.85. The molecule has 2 heterocycles. The summed E-state index contributed by atoms with van der Waals surface area (Å²) in [4.78, 5) is 8.54. The predicted molar refractivity (Wildman–Crippen MR) is 73.8 cm³/mol. The minimum atomic E-state index is -0.405. The van der Waals surface area contributed by atoms with Gasteiger partial charge in [-0.05, 0) is 31.4 Å². The van der Waals surface area contributed by atoms with Crippen LogP contribution in [0.4, 0.5) is 0 Å². The van der Waals surface area contributed by atoms with Crippen LogP contribution in [0.5, 0.6) is 0 Å². The summed E-state index contributed by atoms with van der Waals surface area (Å²) in [5, 5.41) is 4.05. The van der Waals surface area contributed by atoms with Crippen LogP contribution < -0.4 is 5.73 Å². The first-order chi connectivity index (χ1) is 8.69. The summed E-state index contributed by atoms with van der Waals surface area (Å²) in [6.45, 7) is 1.99. The van der Waals surface area contributed by atoms with Gasteiger partial charge in [0.2, 0.25) is 0 Å². The molecule has 1 fully saturated rings. The van der Waals surface area contributed by atoms with Gasteiger partial charge < -0.3 is 10.3 Å². The molecule has 0 bridgehead atoms. The number of hydrogen-bond donors (Lipinski definition) is 1. The number of aromatic nitrogens is 3. The molecule has 3 rings (SSSR count). The molecule has 0 atom stereocenters. The normalized spacial score (nSPS) is 17.2. The van der Waals surface area contributed by atoms with Crippen LogP contribution in [-0.4, -0.2) is 15.1 Å². The molecule has 6 heteroatoms. The zero-order valence-electron chi connectivity index (χ0n) is 10.8. The highest BCUT2D eigenvalue weighted by Gasteiger charge is 2.36. The average Bonchev–Trinajstić information content (AvgIpc) is 2.99. The van der Waals surface area contributed by atoms with E-state index in [1.807, 2.05) is 13.0 Å². The quantitative estimate of drug-likeness (QED) is 0.915. The molecule has 0 aromatic carbocycles. The molecule has 1 aliphatic carbocycles. The van der Waals surface area contributed by atoms with Crippen molar-refractivity contribution in [3.8, 4) is 11.5 Å². The van der Waals surface area contributed by atoms with E-state index in [0.29, 0.717) is 11.7 Å². The predicted octanol–water partition coefficient (Wildman–Crippen LogP) is 2.59. The Hall–Kier alpha value is -1.46. The van der Waals surface area contributed by atoms with E-state index in [0.717, 1.165) is 36.8 Å². The topological polar surface area (TPSA) is 77.8 Å². The summed E-state index contributed by atoms with van der Waals surface area (Å²) in [6, 6.07) is 1.92. The van der Waals surface area contributed by atoms with Crippen LogP contribution in [0.1, 0.15) is 37.1 Å². The van der Waals surface area contributed by atoms with E-state index in [9.17, 15) is 0 Å². The van der Waals surface area contributed by atoms with Gasteiger partial charge in [0.05, 0.1) is 11.1 Å². The number of nitrogens with two attached hydrogens (primary N) is 1. The van der Waals surface area contributed by atoms with Crippen LogP contribution in [0.25, 0.3) is 11.5 Å². The number of aryl methyl sites for hydroxylation is 1. The van der Waals surface area contributed by atoms with E-state index >= 15 is 0 Å². The maximum absolute atomic E-state index is 6.31. The van der Waals surface area contributed by atoms with E-state index in [1.54, 1.807) is 12.4 Å². The molecule has 5 nitrogen and oxygen atoms in total. The van der Waals surface area contributed by atoms with Crippen LogP contribution in [0.3, 0.4) is 0 Å². The van der Waals surface area contributed by atoms with Gasteiger partial charge in [0.15, 0.2) is 5.82 Å². The Morgan fingerprint density at radius 2 is 2.05 bits per heavy atom. The molecular weight excluding hydrogens is 264 g/mol. The van der Waals surface area contributed by atoms with Gasteiger partial charge in [-0.1, -0.05) is 18.0 Å². The maximum atomic E-state index is 6.31. The first-order valence-corrected chi connectivity index (χ1v) is 6.23. The molecular formula is C13H17ClN4O. The minimum Gasteiger partial charge on any atom is -0.334 e. The average molecular weight is 281 g/mol. The number of nitrogens with zero attached hydrogens (tertiary/aromatic N) is 3. The van der Waals surface area contributed by atoms with Gasteiger partial charge in [0, 0.05) is 12.4 Å². The van der Waals surface area contributed by atoms with E-state index in [2.05, 4.69) is 15.1 Å². The Labute approximate surface area is 118 Å². The van der Waals surface area contributed by atoms with Crippen molar-refractivity contribution in [1.29, 1.82) is 0 Å². The van der Waals surface area contributed by atoms with Gasteiger partial charge in [-0.2, -0.15) is 4.98 Å². The molecule has 2 aromatic rings. The Morgan fingerprint density at radius 1 is 1.32 bits per heavy atom. The van der Waals surface area contributed by atoms with Crippen molar-refractivity contribution in [2.24, 2.45) is 5.73 Å². The lowest BCUT2D eigenvalue weighted by atomic mass is 9.98. The second-order valence-electron chi connectivity index (χ2n) is 4.98. The first kappa shape index (κ1) is 14.0. The maximum Gasteiger partial charge on any atom is 0.259 e. The zero-order valence-corrected chi connectivity index (χ0v) is 11.6. The molecule has 0 spiro atoms. The van der Waals surface area contributed by atoms with Gasteiger partial charge in [-0.15, -0.1) is 12.4 Å². The van der Waals surface area contributed by atoms with E-state index in [1.165, 1.54) is 0 Å². The molecule has 19 heavy (non-hydrogen) atoms. The fourth-order valence-corrected chi connectivity index (χ4v) is 2.45. The van der Waals surface area contributed by atoms with Gasteiger partial charge in [-0.25, -0.2) is 0 Å². The van der Waals surface area contributed by atoms with Crippen LogP contribution in [-0.2, 0) is 5.54 Å². The molecule has 2 aromatic heterocycles. The lowest BCUT2D eigenvalue weighted by molar-refractivity contribution is 0.372. The third-order valence-electron chi connectivity index (χ3n) is 3.64. The summed E-state index contributed by atoms with van der Waals surface area (Å²) in [6.07, 6.45) is 7.61. The van der Waals surface area contributed by atoms with Crippen molar-refractivity contribution in [2.45, 2.75) is 38.1 Å². The van der Waals surface area contributed by atoms with Crippen LogP contribution >= 0.6 is 12.4 Å². The van der Waals surface area contributed by atoms with Gasteiger partial charge in [-0.3, -0.25) is 4.98 Å². The summed E-state index contributed by atoms with van der Waals surface area (Å²) >= 11 is 0. The molecule has 102 valence electrons. The number of pyridine rings is 1. The lowest BCUT2D eigenvalue weighted by Gasteiger charge is -2.17. The van der Waals surface area contributed by atoms with E-state index in [-0.39, 0.29) is 12.4 Å². The smallest absolute Gasteiger partial charge is 0.259 e. The molecule has 0 saturated heterocycles. The molecule has 0 aliphatic heterocycles. The zero-order chi connectivity index (χ0) is 12.6. The Bertz CT molecular complexity index is 563. The van der Waals surface area contributed by atoms with Crippen molar-refractivity contribution in [3.63, 3.8) is 0 Å². The Morgan fingerprint density at radius 3 is 2.74 bits per heavy atom. The Balaban J connectivity index is 0.00000133. The first-order valence-electron chi connectivity index (χ1n) is 6.23. The number of rotatable bonds is 2. The second kappa shape index (κ2) is 5.27. The summed E-state index contributed by atoms with van der Waals surface area (Å²) in [5.74, 6) is 1.13. The minimum absolute atomic E-state index is 0. The van der Waals surface area contributed by atoms with Crippen molar-refractivity contribution in [3.05, 3.63) is 29.8 Å². The standard InChI is InChI=1S/C13H16N4O.ClH/c1-9-4-7-15-8-10(9)11-16-12(17-18-11)13(14)5-2-3-6-13;/h4,7-8H,2-3,5-6,14H2,1H3;1H. The third kappa shape index (κ3) is 2.48. The molecule has 2 N–H and O–H groups in total. The molecule has 0 unspecified atom stereocenters. The highest BCUT2D eigenvalue weighted by atomic mass is 35.5. The van der Waals surface area contributed by atoms with Gasteiger partial charge >= 0.3 is 0 Å². The van der Waals surface area contributed by atoms with E-state index in [4.69, 9.17) is 10.3 Å². The molecule has 0 radical (unpaired) electrons. The van der Waals surface area contributed by atoms with Crippen molar-refractivity contribution >= 4 is 12.4 Å². The summed E-state index contributed by atoms with van der Waals surface area (Å²) in [7, 11) is 0. The van der Waals surface area contributed by atoms with Crippen LogP contribution in [0.15, 0.2) is 23.0 Å². The van der Waals surface area contributed by atoms with E-state index < -0.39 is 5.54 Å². The second-order valence-corrected chi connectivity index (χ2v) is 4.98. The van der Waals surface area contributed by atoms with Crippen molar-refractivity contribution in [2.75, 3.05) is 0 Å². The highest BCUT2D eigenvalue weighted by Crippen LogP contribution is 2.35. The molecule has 1 aliphatic rings. The number of hydrogen-bond acceptors (Lipinski definition) is 5. The van der Waals surface area contributed by atoms with Crippen molar-refractivity contribution in [1.82, 2.24) is 15.1 Å². The van der Waals surface area contributed by atoms with Crippen molar-refractivity contribution < 1.29 is 4.52 Å². The SMILES string of the molecule is Cc1ccncc1-c1nc(C2(N)CCCC2)no1.Cl. The van der Waals surface area contributed by atoms with Gasteiger partial charge in [0.1, 0.15) is 0 Å². The van der Waals surface area contributed by atoms with Crippen LogP contribution in [0, 0.1) is 6.92 Å². The summed E-state index contributed by atoms with van der Waals surface area (Å²) in [5.41, 5.74) is 7.84. The number of halogens is 1. The van der Waals surface area contributed by atoms with Gasteiger partial charge in [0.25, 0.3) is 5.89 Å². The van der Waals surface area contributed by atoms with Crippen LogP contribution in [0.2, 0.25) is 0 Å². The largest absolute Gasteiger partial charge is 0.334 e. The molecule has 1 saturated carbocycles.